The molecule has 1 aliphatic carbocycles. The first-order valence-corrected chi connectivity index (χ1v) is 9.80. The minimum Gasteiger partial charge on any atom is -0.484 e. The molecule has 0 spiro atoms. The first-order chi connectivity index (χ1) is 13.1. The number of hydrogen-bond acceptors (Lipinski definition) is 4. The van der Waals surface area contributed by atoms with E-state index in [2.05, 4.69) is 35.2 Å². The fourth-order valence-corrected chi connectivity index (χ4v) is 4.67. The van der Waals surface area contributed by atoms with Gasteiger partial charge in [0.1, 0.15) is 11.9 Å². The number of hydrogen-bond donors (Lipinski definition) is 1. The second-order valence-corrected chi connectivity index (χ2v) is 7.94. The zero-order valence-electron chi connectivity index (χ0n) is 16.1. The van der Waals surface area contributed by atoms with Crippen molar-refractivity contribution in [2.45, 2.75) is 38.8 Å². The van der Waals surface area contributed by atoms with Gasteiger partial charge in [-0.3, -0.25) is 4.90 Å². The Hall–Kier alpha value is -2.35. The van der Waals surface area contributed by atoms with Gasteiger partial charge in [0.2, 0.25) is 0 Å². The molecule has 4 rings (SSSR count). The lowest BCUT2D eigenvalue weighted by molar-refractivity contribution is 0.0916. The first-order valence-electron chi connectivity index (χ1n) is 9.80. The predicted molar refractivity (Wildman–Crippen MR) is 107 cm³/mol. The maximum Gasteiger partial charge on any atom is 0.140 e. The number of rotatable bonds is 4. The zero-order chi connectivity index (χ0) is 19.0. The van der Waals surface area contributed by atoms with Crippen molar-refractivity contribution in [1.29, 1.82) is 5.26 Å². The molecule has 2 N–H and O–H groups in total. The third-order valence-corrected chi connectivity index (χ3v) is 6.14. The maximum atomic E-state index is 9.33. The van der Waals surface area contributed by atoms with Crippen LogP contribution in [0.1, 0.15) is 40.3 Å². The summed E-state index contributed by atoms with van der Waals surface area (Å²) >= 11 is 0. The monoisotopic (exact) mass is 361 g/mol. The molecule has 0 aromatic heterocycles. The number of fused-ring (bicyclic) bond motifs is 1. The number of aryl methyl sites for hydroxylation is 2. The Morgan fingerprint density at radius 1 is 1.22 bits per heavy atom. The van der Waals surface area contributed by atoms with Crippen LogP contribution in [0.15, 0.2) is 36.4 Å². The minimum absolute atomic E-state index is 0.0180. The minimum atomic E-state index is 0.0180. The summed E-state index contributed by atoms with van der Waals surface area (Å²) in [6, 6.07) is 15.2. The van der Waals surface area contributed by atoms with Crippen molar-refractivity contribution in [2.75, 3.05) is 19.6 Å². The summed E-state index contributed by atoms with van der Waals surface area (Å²) in [5.74, 6) is 1.44. The van der Waals surface area contributed by atoms with E-state index in [1.807, 2.05) is 26.0 Å². The lowest BCUT2D eigenvalue weighted by atomic mass is 10.0. The highest BCUT2D eigenvalue weighted by molar-refractivity contribution is 5.48. The Labute approximate surface area is 161 Å². The molecule has 2 aromatic rings. The van der Waals surface area contributed by atoms with Crippen molar-refractivity contribution < 1.29 is 4.74 Å². The van der Waals surface area contributed by atoms with Crippen LogP contribution in [0, 0.1) is 31.1 Å². The van der Waals surface area contributed by atoms with Crippen molar-refractivity contribution in [3.8, 4) is 11.8 Å². The summed E-state index contributed by atoms with van der Waals surface area (Å²) in [4.78, 5) is 2.56. The van der Waals surface area contributed by atoms with E-state index in [-0.39, 0.29) is 6.10 Å². The third kappa shape index (κ3) is 3.34. The number of benzene rings is 2. The first kappa shape index (κ1) is 18.0. The van der Waals surface area contributed by atoms with E-state index in [0.29, 0.717) is 12.0 Å². The van der Waals surface area contributed by atoms with Crippen LogP contribution >= 0.6 is 0 Å². The summed E-state index contributed by atoms with van der Waals surface area (Å²) in [7, 11) is 0. The summed E-state index contributed by atoms with van der Waals surface area (Å²) in [5.41, 5.74) is 11.3. The molecule has 2 aliphatic rings. The second-order valence-electron chi connectivity index (χ2n) is 7.94. The van der Waals surface area contributed by atoms with Gasteiger partial charge in [-0.2, -0.15) is 5.26 Å². The zero-order valence-corrected chi connectivity index (χ0v) is 16.1. The molecular weight excluding hydrogens is 334 g/mol. The fourth-order valence-electron chi connectivity index (χ4n) is 4.67. The third-order valence-electron chi connectivity index (χ3n) is 6.14. The van der Waals surface area contributed by atoms with Crippen molar-refractivity contribution in [2.24, 2.45) is 11.7 Å². The topological polar surface area (TPSA) is 62.3 Å². The number of nitriles is 1. The molecule has 0 radical (unpaired) electrons. The summed E-state index contributed by atoms with van der Waals surface area (Å²) in [6.45, 7) is 6.86. The molecule has 140 valence electrons. The van der Waals surface area contributed by atoms with Crippen LogP contribution < -0.4 is 10.5 Å². The Kier molecular flexibility index (Phi) is 4.90. The van der Waals surface area contributed by atoms with Crippen LogP contribution in [-0.2, 0) is 6.42 Å². The van der Waals surface area contributed by atoms with E-state index >= 15 is 0 Å². The van der Waals surface area contributed by atoms with Crippen LogP contribution in [0.3, 0.4) is 0 Å². The SMILES string of the molecule is Cc1cc(O[C@@H]2c3ccccc3C[C@H]2N2CCC(CN)C2)cc(C)c1C#N. The average molecular weight is 361 g/mol. The van der Waals surface area contributed by atoms with Gasteiger partial charge in [-0.25, -0.2) is 0 Å². The van der Waals surface area contributed by atoms with Crippen molar-refractivity contribution in [3.05, 3.63) is 64.2 Å². The normalized spacial score (nSPS) is 24.6. The molecule has 0 saturated carbocycles. The molecule has 27 heavy (non-hydrogen) atoms. The molecule has 1 unspecified atom stereocenters. The van der Waals surface area contributed by atoms with Crippen LogP contribution in [0.2, 0.25) is 0 Å². The highest BCUT2D eigenvalue weighted by Gasteiger charge is 2.40. The number of nitrogens with zero attached hydrogens (tertiary/aromatic N) is 2. The number of likely N-dealkylation sites (tertiary alicyclic amines) is 1. The van der Waals surface area contributed by atoms with Gasteiger partial charge >= 0.3 is 0 Å². The van der Waals surface area contributed by atoms with E-state index in [4.69, 9.17) is 10.5 Å². The number of ether oxygens (including phenoxy) is 1. The van der Waals surface area contributed by atoms with E-state index in [0.717, 1.165) is 48.5 Å². The van der Waals surface area contributed by atoms with Gasteiger partial charge in [0, 0.05) is 6.54 Å². The Morgan fingerprint density at radius 2 is 1.96 bits per heavy atom. The Bertz CT molecular complexity index is 862. The molecule has 1 fully saturated rings. The smallest absolute Gasteiger partial charge is 0.140 e. The number of nitrogens with two attached hydrogens (primary N) is 1. The summed E-state index contributed by atoms with van der Waals surface area (Å²) in [6.07, 6.45) is 2.21. The lowest BCUT2D eigenvalue weighted by Crippen LogP contribution is -2.39. The highest BCUT2D eigenvalue weighted by Crippen LogP contribution is 2.40. The predicted octanol–water partition coefficient (Wildman–Crippen LogP) is 3.50. The van der Waals surface area contributed by atoms with E-state index in [9.17, 15) is 5.26 Å². The largest absolute Gasteiger partial charge is 0.484 e. The summed E-state index contributed by atoms with van der Waals surface area (Å²) < 4.78 is 6.57. The fraction of sp³-hybridized carbons (Fsp3) is 0.435. The van der Waals surface area contributed by atoms with Crippen molar-refractivity contribution in [1.82, 2.24) is 4.90 Å². The summed E-state index contributed by atoms with van der Waals surface area (Å²) in [5, 5.41) is 9.33. The average Bonchev–Trinajstić information content (AvgIpc) is 3.26. The standard InChI is InChI=1S/C23H27N3O/c1-15-9-19(10-16(2)21(15)13-25)27-23-20-6-4-3-5-18(20)11-22(23)26-8-7-17(12-24)14-26/h3-6,9-10,17,22-23H,7-8,11-12,14,24H2,1-2H3/t17?,22-,23-/m1/s1. The highest BCUT2D eigenvalue weighted by atomic mass is 16.5. The molecule has 3 atom stereocenters. The molecule has 4 heteroatoms. The van der Waals surface area contributed by atoms with Gasteiger partial charge in [0.15, 0.2) is 0 Å². The molecule has 0 bridgehead atoms. The van der Waals surface area contributed by atoms with Crippen LogP contribution in [0.5, 0.6) is 5.75 Å². The van der Waals surface area contributed by atoms with Crippen LogP contribution in [-0.4, -0.2) is 30.6 Å². The van der Waals surface area contributed by atoms with Gasteiger partial charge < -0.3 is 10.5 Å². The molecule has 2 aromatic carbocycles. The van der Waals surface area contributed by atoms with E-state index in [1.165, 1.54) is 17.5 Å². The van der Waals surface area contributed by atoms with Gasteiger partial charge in [0.25, 0.3) is 0 Å². The molecule has 1 saturated heterocycles. The molecule has 0 amide bonds. The van der Waals surface area contributed by atoms with E-state index in [1.54, 1.807) is 0 Å². The van der Waals surface area contributed by atoms with E-state index < -0.39 is 0 Å². The van der Waals surface area contributed by atoms with Gasteiger partial charge in [-0.15, -0.1) is 0 Å². The van der Waals surface area contributed by atoms with Crippen molar-refractivity contribution >= 4 is 0 Å². The van der Waals surface area contributed by atoms with Crippen LogP contribution in [0.25, 0.3) is 0 Å². The molecule has 1 aliphatic heterocycles. The molecule has 1 heterocycles. The van der Waals surface area contributed by atoms with Crippen molar-refractivity contribution in [3.63, 3.8) is 0 Å². The Balaban J connectivity index is 1.64. The van der Waals surface area contributed by atoms with Gasteiger partial charge in [-0.05, 0) is 80.1 Å². The Morgan fingerprint density at radius 3 is 2.63 bits per heavy atom. The van der Waals surface area contributed by atoms with Crippen LogP contribution in [0.4, 0.5) is 0 Å². The molecular formula is C23H27N3O. The second kappa shape index (κ2) is 7.34. The molecule has 4 nitrogen and oxygen atoms in total. The van der Waals surface area contributed by atoms with Gasteiger partial charge in [0.05, 0.1) is 17.7 Å². The lowest BCUT2D eigenvalue weighted by Gasteiger charge is -2.30. The van der Waals surface area contributed by atoms with Gasteiger partial charge in [-0.1, -0.05) is 24.3 Å². The quantitative estimate of drug-likeness (QED) is 0.905. The maximum absolute atomic E-state index is 9.33.